The van der Waals surface area contributed by atoms with Crippen molar-refractivity contribution in [3.8, 4) is 0 Å². The van der Waals surface area contributed by atoms with E-state index < -0.39 is 59.3 Å². The van der Waals surface area contributed by atoms with Crippen molar-refractivity contribution in [3.63, 3.8) is 0 Å². The molecule has 0 radical (unpaired) electrons. The molecule has 0 N–H and O–H groups in total. The Labute approximate surface area is 216 Å². The summed E-state index contributed by atoms with van der Waals surface area (Å²) >= 11 is 0. The molecule has 0 aliphatic heterocycles. The summed E-state index contributed by atoms with van der Waals surface area (Å²) in [6.07, 6.45) is -5.69. The van der Waals surface area contributed by atoms with E-state index in [1.807, 2.05) is 0 Å². The molecule has 0 bridgehead atoms. The highest BCUT2D eigenvalue weighted by molar-refractivity contribution is 5.74. The average molecular weight is 531 g/mol. The average Bonchev–Trinajstić information content (AvgIpc) is 2.97. The van der Waals surface area contributed by atoms with Crippen molar-refractivity contribution >= 4 is 18.3 Å². The zero-order valence-electron chi connectivity index (χ0n) is 20.2. The fraction of sp³-hybridized carbons (Fsp3) is 0.192. The van der Waals surface area contributed by atoms with Gasteiger partial charge in [0.1, 0.15) is 19.8 Å². The van der Waals surface area contributed by atoms with Gasteiger partial charge in [-0.25, -0.2) is 14.4 Å². The molecule has 9 nitrogen and oxygen atoms in total. The molecule has 3 rings (SSSR count). The van der Waals surface area contributed by atoms with Gasteiger partial charge in [0.15, 0.2) is 0 Å². The van der Waals surface area contributed by atoms with E-state index in [0.717, 1.165) is 0 Å². The second kappa shape index (κ2) is 13.0. The Balaban J connectivity index is 1.78. The third kappa shape index (κ3) is 6.93. The van der Waals surface area contributed by atoms with Gasteiger partial charge in [-0.2, -0.15) is 0 Å². The van der Waals surface area contributed by atoms with Gasteiger partial charge in [-0.3, -0.25) is 0 Å². The minimum atomic E-state index is -3.64. The third-order valence-corrected chi connectivity index (χ3v) is 5.21. The summed E-state index contributed by atoms with van der Waals surface area (Å²) in [6.45, 7) is -0.993. The Hall–Kier alpha value is -4.74. The van der Waals surface area contributed by atoms with Crippen LogP contribution in [0.2, 0.25) is 0 Å². The van der Waals surface area contributed by atoms with Crippen LogP contribution in [0.15, 0.2) is 91.0 Å². The predicted octanol–water partition coefficient (Wildman–Crippen LogP) is 6.23. The molecule has 0 aliphatic rings. The lowest BCUT2D eigenvalue weighted by Gasteiger charge is -2.38. The predicted molar refractivity (Wildman–Crippen MR) is 127 cm³/mol. The molecular formula is C26H24F3N3O6. The van der Waals surface area contributed by atoms with Crippen LogP contribution in [0, 0.1) is 0 Å². The van der Waals surface area contributed by atoms with Crippen LogP contribution in [-0.2, 0) is 34.0 Å². The fourth-order valence-electron chi connectivity index (χ4n) is 3.08. The highest BCUT2D eigenvalue weighted by Crippen LogP contribution is 2.30. The maximum atomic E-state index is 15.3. The van der Waals surface area contributed by atoms with Gasteiger partial charge in [0.25, 0.3) is 5.79 Å². The highest BCUT2D eigenvalue weighted by atomic mass is 19.2. The lowest BCUT2D eigenvalue weighted by molar-refractivity contribution is -0.287. The van der Waals surface area contributed by atoms with Crippen LogP contribution < -0.4 is 0 Å². The molecule has 0 heterocycles. The van der Waals surface area contributed by atoms with Gasteiger partial charge in [-0.15, -0.1) is 0 Å². The monoisotopic (exact) mass is 531 g/mol. The lowest BCUT2D eigenvalue weighted by Crippen LogP contribution is -2.65. The first-order valence-corrected chi connectivity index (χ1v) is 11.2. The van der Waals surface area contributed by atoms with Crippen LogP contribution >= 0.6 is 0 Å². The number of rotatable bonds is 9. The van der Waals surface area contributed by atoms with Crippen molar-refractivity contribution in [2.75, 3.05) is 0 Å². The molecule has 3 aromatic rings. The van der Waals surface area contributed by atoms with E-state index in [0.29, 0.717) is 23.6 Å². The van der Waals surface area contributed by atoms with Crippen LogP contribution in [0.25, 0.3) is 0 Å². The summed E-state index contributed by atoms with van der Waals surface area (Å²) in [7, 11) is 0. The number of nitrogens with zero attached hydrogens (tertiary/aromatic N) is 3. The van der Waals surface area contributed by atoms with Gasteiger partial charge in [0, 0.05) is 6.92 Å². The number of carbonyl (C=O) groups excluding carboxylic acids is 3. The normalized spacial score (nSPS) is 10.7. The Morgan fingerprint density at radius 3 is 1.03 bits per heavy atom. The molecule has 3 aromatic carbocycles. The molecule has 0 saturated carbocycles. The molecule has 12 heteroatoms. The summed E-state index contributed by atoms with van der Waals surface area (Å²) < 4.78 is 60.2. The minimum Gasteiger partial charge on any atom is -0.443 e. The molecule has 0 unspecified atom stereocenters. The summed E-state index contributed by atoms with van der Waals surface area (Å²) in [4.78, 5) is 37.2. The second-order valence-electron chi connectivity index (χ2n) is 7.93. The third-order valence-electron chi connectivity index (χ3n) is 5.21. The Kier molecular flexibility index (Phi) is 9.52. The summed E-state index contributed by atoms with van der Waals surface area (Å²) in [6, 6.07) is 24.1. The Bertz CT molecular complexity index is 1060. The second-order valence-corrected chi connectivity index (χ2v) is 7.93. The summed E-state index contributed by atoms with van der Waals surface area (Å²) in [5.74, 6) is -3.64. The molecule has 0 aliphatic carbocycles. The van der Waals surface area contributed by atoms with Crippen molar-refractivity contribution in [1.82, 2.24) is 15.4 Å². The molecular weight excluding hydrogens is 507 g/mol. The number of benzene rings is 3. The van der Waals surface area contributed by atoms with Gasteiger partial charge < -0.3 is 14.2 Å². The summed E-state index contributed by atoms with van der Waals surface area (Å²) in [5, 5.41) is -3.28. The van der Waals surface area contributed by atoms with Gasteiger partial charge >= 0.3 is 18.3 Å². The maximum Gasteiger partial charge on any atom is 0.442 e. The van der Waals surface area contributed by atoms with E-state index in [9.17, 15) is 14.4 Å². The molecule has 38 heavy (non-hydrogen) atoms. The zero-order chi connectivity index (χ0) is 27.5. The van der Waals surface area contributed by atoms with Crippen molar-refractivity contribution in [2.24, 2.45) is 0 Å². The first-order valence-electron chi connectivity index (χ1n) is 11.2. The molecule has 0 atom stereocenters. The van der Waals surface area contributed by atoms with E-state index in [1.165, 1.54) is 0 Å². The number of carbonyl (C=O) groups is 3. The molecule has 200 valence electrons. The van der Waals surface area contributed by atoms with E-state index in [4.69, 9.17) is 14.2 Å². The van der Waals surface area contributed by atoms with Crippen LogP contribution in [-0.4, -0.2) is 39.4 Å². The number of halogens is 3. The van der Waals surface area contributed by atoms with Crippen molar-refractivity contribution in [3.05, 3.63) is 108 Å². The fourth-order valence-corrected chi connectivity index (χ4v) is 3.08. The quantitative estimate of drug-likeness (QED) is 0.185. The number of hydrogen-bond acceptors (Lipinski definition) is 6. The lowest BCUT2D eigenvalue weighted by atomic mass is 10.2. The van der Waals surface area contributed by atoms with Crippen LogP contribution in [0.1, 0.15) is 23.6 Å². The van der Waals surface area contributed by atoms with Crippen LogP contribution in [0.4, 0.5) is 27.8 Å². The van der Waals surface area contributed by atoms with Gasteiger partial charge in [0.05, 0.1) is 0 Å². The standard InChI is InChI=1S/C26H24F3N3O6/c1-26(30(27)23(33)36-17-20-11-5-2-6-12-20,31(28)24(34)37-18-21-13-7-3-8-14-21)32(29)25(35)38-19-22-15-9-4-10-16-22/h2-16H,17-19H2,1H3. The molecule has 0 fully saturated rings. The highest BCUT2D eigenvalue weighted by Gasteiger charge is 2.56. The van der Waals surface area contributed by atoms with E-state index >= 15 is 13.4 Å². The maximum absolute atomic E-state index is 15.3. The smallest absolute Gasteiger partial charge is 0.442 e. The van der Waals surface area contributed by atoms with E-state index in [1.54, 1.807) is 91.0 Å². The van der Waals surface area contributed by atoms with Gasteiger partial charge in [0.2, 0.25) is 0 Å². The largest absolute Gasteiger partial charge is 0.443 e. The Morgan fingerprint density at radius 2 is 0.789 bits per heavy atom. The molecule has 3 amide bonds. The zero-order valence-corrected chi connectivity index (χ0v) is 20.2. The van der Waals surface area contributed by atoms with Crippen LogP contribution in [0.5, 0.6) is 0 Å². The Morgan fingerprint density at radius 1 is 0.553 bits per heavy atom. The van der Waals surface area contributed by atoms with Crippen LogP contribution in [0.3, 0.4) is 0 Å². The van der Waals surface area contributed by atoms with Gasteiger partial charge in [-0.1, -0.05) is 120 Å². The van der Waals surface area contributed by atoms with Crippen molar-refractivity contribution < 1.29 is 42.0 Å². The first kappa shape index (κ1) is 27.8. The van der Waals surface area contributed by atoms with E-state index in [-0.39, 0.29) is 0 Å². The molecule has 0 saturated heterocycles. The minimum absolute atomic E-state index is 0.407. The topological polar surface area (TPSA) is 88.6 Å². The van der Waals surface area contributed by atoms with Crippen molar-refractivity contribution in [2.45, 2.75) is 32.5 Å². The number of amides is 3. The first-order chi connectivity index (χ1) is 18.2. The molecule has 0 aromatic heterocycles. The summed E-state index contributed by atoms with van der Waals surface area (Å²) in [5.41, 5.74) is 1.32. The van der Waals surface area contributed by atoms with Gasteiger partial charge in [-0.05, 0) is 16.7 Å². The number of hydrogen-bond donors (Lipinski definition) is 0. The SMILES string of the molecule is CC(N(F)C(=O)OCc1ccccc1)(N(F)C(=O)OCc1ccccc1)N(F)C(=O)OCc1ccccc1. The van der Waals surface area contributed by atoms with E-state index in [2.05, 4.69) is 0 Å². The van der Waals surface area contributed by atoms with Crippen molar-refractivity contribution in [1.29, 1.82) is 0 Å². The molecule has 0 spiro atoms. The number of ether oxygens (including phenoxy) is 3.